The minimum atomic E-state index is -0.291. The Kier molecular flexibility index (Phi) is 4.20. The highest BCUT2D eigenvalue weighted by Crippen LogP contribution is 2.16. The van der Waals surface area contributed by atoms with Gasteiger partial charge in [-0.1, -0.05) is 6.92 Å². The van der Waals surface area contributed by atoms with E-state index in [2.05, 4.69) is 15.7 Å². The molecule has 2 aromatic rings. The van der Waals surface area contributed by atoms with Crippen molar-refractivity contribution in [1.29, 1.82) is 0 Å². The highest BCUT2D eigenvalue weighted by atomic mass is 19.1. The van der Waals surface area contributed by atoms with E-state index in [1.54, 1.807) is 23.0 Å². The van der Waals surface area contributed by atoms with Gasteiger partial charge in [0.2, 0.25) is 0 Å². The maximum Gasteiger partial charge on any atom is 0.255 e. The normalized spacial score (nSPS) is 17.6. The average Bonchev–Trinajstić information content (AvgIpc) is 3.16. The van der Waals surface area contributed by atoms with Crippen molar-refractivity contribution in [2.45, 2.75) is 25.8 Å². The van der Waals surface area contributed by atoms with Gasteiger partial charge in [-0.2, -0.15) is 5.10 Å². The lowest BCUT2D eigenvalue weighted by Crippen LogP contribution is -2.36. The van der Waals surface area contributed by atoms with Gasteiger partial charge in [0, 0.05) is 12.6 Å². The minimum Gasteiger partial charge on any atom is -0.348 e. The number of nitrogens with zero attached hydrogens (tertiary/aromatic N) is 2. The molecule has 1 amide bonds. The zero-order chi connectivity index (χ0) is 15.5. The lowest BCUT2D eigenvalue weighted by atomic mass is 10.1. The second-order valence-electron chi connectivity index (χ2n) is 5.41. The van der Waals surface area contributed by atoms with Crippen LogP contribution < -0.4 is 10.6 Å². The Hall–Kier alpha value is -2.21. The quantitative estimate of drug-likeness (QED) is 0.903. The Morgan fingerprint density at radius 2 is 2.23 bits per heavy atom. The number of aromatic nitrogens is 2. The van der Waals surface area contributed by atoms with Crippen LogP contribution in [0, 0.1) is 5.82 Å². The van der Waals surface area contributed by atoms with Crippen molar-refractivity contribution < 1.29 is 9.18 Å². The number of nitrogens with one attached hydrogen (secondary N) is 2. The van der Waals surface area contributed by atoms with Crippen molar-refractivity contribution in [3.8, 4) is 5.69 Å². The van der Waals surface area contributed by atoms with E-state index in [9.17, 15) is 9.18 Å². The zero-order valence-corrected chi connectivity index (χ0v) is 12.5. The van der Waals surface area contributed by atoms with Crippen molar-refractivity contribution in [1.82, 2.24) is 20.4 Å². The molecule has 0 aliphatic carbocycles. The summed E-state index contributed by atoms with van der Waals surface area (Å²) in [5.74, 6) is -0.389. The SMILES string of the molecule is CCc1c(C(=O)NC2CCNC2)cnn1-c1ccc(F)cc1. The third-order valence-corrected chi connectivity index (χ3v) is 3.92. The fraction of sp³-hybridized carbons (Fsp3) is 0.375. The van der Waals surface area contributed by atoms with Crippen molar-refractivity contribution >= 4 is 5.91 Å². The molecular formula is C16H19FN4O. The number of carbonyl (C=O) groups excluding carboxylic acids is 1. The Labute approximate surface area is 128 Å². The molecule has 1 aromatic heterocycles. The third-order valence-electron chi connectivity index (χ3n) is 3.92. The minimum absolute atomic E-state index is 0.0982. The summed E-state index contributed by atoms with van der Waals surface area (Å²) >= 11 is 0. The van der Waals surface area contributed by atoms with Crippen LogP contribution in [0.4, 0.5) is 4.39 Å². The molecule has 1 fully saturated rings. The van der Waals surface area contributed by atoms with Gasteiger partial charge in [-0.15, -0.1) is 0 Å². The fourth-order valence-corrected chi connectivity index (χ4v) is 2.75. The summed E-state index contributed by atoms with van der Waals surface area (Å²) in [6.07, 6.45) is 3.20. The van der Waals surface area contributed by atoms with E-state index in [0.717, 1.165) is 30.9 Å². The average molecular weight is 302 g/mol. The number of hydrogen-bond donors (Lipinski definition) is 2. The van der Waals surface area contributed by atoms with Crippen LogP contribution in [0.25, 0.3) is 5.69 Å². The molecule has 0 radical (unpaired) electrons. The van der Waals surface area contributed by atoms with Gasteiger partial charge < -0.3 is 10.6 Å². The molecule has 2 heterocycles. The van der Waals surface area contributed by atoms with Gasteiger partial charge in [0.1, 0.15) is 5.82 Å². The number of carbonyl (C=O) groups is 1. The number of amides is 1. The molecule has 1 atom stereocenters. The van der Waals surface area contributed by atoms with E-state index in [0.29, 0.717) is 12.0 Å². The monoisotopic (exact) mass is 302 g/mol. The standard InChI is InChI=1S/C16H19FN4O/c1-2-15-14(16(22)20-12-7-8-18-9-12)10-19-21(15)13-5-3-11(17)4-6-13/h3-6,10,12,18H,2,7-9H2,1H3,(H,20,22). The molecule has 1 saturated heterocycles. The molecular weight excluding hydrogens is 283 g/mol. The van der Waals surface area contributed by atoms with Crippen LogP contribution >= 0.6 is 0 Å². The Bertz CT molecular complexity index is 659. The summed E-state index contributed by atoms with van der Waals surface area (Å²) < 4.78 is 14.7. The molecule has 5 nitrogen and oxygen atoms in total. The first-order valence-corrected chi connectivity index (χ1v) is 7.53. The van der Waals surface area contributed by atoms with E-state index in [4.69, 9.17) is 0 Å². The van der Waals surface area contributed by atoms with E-state index in [-0.39, 0.29) is 17.8 Å². The molecule has 1 aliphatic heterocycles. The molecule has 0 saturated carbocycles. The molecule has 1 unspecified atom stereocenters. The van der Waals surface area contributed by atoms with E-state index >= 15 is 0 Å². The molecule has 22 heavy (non-hydrogen) atoms. The maximum atomic E-state index is 13.0. The molecule has 1 aromatic carbocycles. The first-order chi connectivity index (χ1) is 10.7. The van der Waals surface area contributed by atoms with Gasteiger partial charge in [0.15, 0.2) is 0 Å². The number of hydrogen-bond acceptors (Lipinski definition) is 3. The Morgan fingerprint density at radius 1 is 1.45 bits per heavy atom. The van der Waals surface area contributed by atoms with Crippen LogP contribution in [-0.4, -0.2) is 34.8 Å². The molecule has 3 rings (SSSR count). The Balaban J connectivity index is 1.86. The summed E-state index contributed by atoms with van der Waals surface area (Å²) in [7, 11) is 0. The molecule has 0 bridgehead atoms. The number of halogens is 1. The summed E-state index contributed by atoms with van der Waals surface area (Å²) in [5, 5.41) is 10.6. The van der Waals surface area contributed by atoms with Crippen LogP contribution in [0.15, 0.2) is 30.5 Å². The third kappa shape index (κ3) is 2.87. The molecule has 0 spiro atoms. The lowest BCUT2D eigenvalue weighted by Gasteiger charge is -2.12. The highest BCUT2D eigenvalue weighted by molar-refractivity contribution is 5.95. The fourth-order valence-electron chi connectivity index (χ4n) is 2.75. The van der Waals surface area contributed by atoms with Crippen molar-refractivity contribution in [3.63, 3.8) is 0 Å². The Morgan fingerprint density at radius 3 is 2.86 bits per heavy atom. The van der Waals surface area contributed by atoms with Crippen molar-refractivity contribution in [3.05, 3.63) is 47.5 Å². The predicted molar refractivity (Wildman–Crippen MR) is 81.6 cm³/mol. The first kappa shape index (κ1) is 14.7. The number of rotatable bonds is 4. The number of benzene rings is 1. The van der Waals surface area contributed by atoms with Gasteiger partial charge in [-0.05, 0) is 43.7 Å². The smallest absolute Gasteiger partial charge is 0.255 e. The second kappa shape index (κ2) is 6.27. The van der Waals surface area contributed by atoms with Crippen LogP contribution in [0.1, 0.15) is 29.4 Å². The molecule has 116 valence electrons. The second-order valence-corrected chi connectivity index (χ2v) is 5.41. The molecule has 2 N–H and O–H groups in total. The summed E-state index contributed by atoms with van der Waals surface area (Å²) in [6, 6.07) is 6.26. The van der Waals surface area contributed by atoms with Gasteiger partial charge >= 0.3 is 0 Å². The van der Waals surface area contributed by atoms with Crippen LogP contribution in [0.2, 0.25) is 0 Å². The van der Waals surface area contributed by atoms with Crippen molar-refractivity contribution in [2.24, 2.45) is 0 Å². The molecule has 1 aliphatic rings. The summed E-state index contributed by atoms with van der Waals surface area (Å²) in [6.45, 7) is 3.71. The van der Waals surface area contributed by atoms with E-state index < -0.39 is 0 Å². The van der Waals surface area contributed by atoms with Gasteiger partial charge in [0.25, 0.3) is 5.91 Å². The summed E-state index contributed by atoms with van der Waals surface area (Å²) in [4.78, 5) is 12.4. The van der Waals surface area contributed by atoms with Crippen LogP contribution in [0.3, 0.4) is 0 Å². The largest absolute Gasteiger partial charge is 0.348 e. The first-order valence-electron chi connectivity index (χ1n) is 7.53. The van der Waals surface area contributed by atoms with Crippen LogP contribution in [0.5, 0.6) is 0 Å². The lowest BCUT2D eigenvalue weighted by molar-refractivity contribution is 0.0939. The van der Waals surface area contributed by atoms with E-state index in [1.165, 1.54) is 12.1 Å². The summed E-state index contributed by atoms with van der Waals surface area (Å²) in [5.41, 5.74) is 2.16. The molecule has 6 heteroatoms. The topological polar surface area (TPSA) is 59.0 Å². The van der Waals surface area contributed by atoms with Crippen LogP contribution in [-0.2, 0) is 6.42 Å². The van der Waals surface area contributed by atoms with Gasteiger partial charge in [-0.3, -0.25) is 4.79 Å². The predicted octanol–water partition coefficient (Wildman–Crippen LogP) is 1.67. The van der Waals surface area contributed by atoms with Gasteiger partial charge in [-0.25, -0.2) is 9.07 Å². The maximum absolute atomic E-state index is 13.0. The van der Waals surface area contributed by atoms with E-state index in [1.807, 2.05) is 6.92 Å². The highest BCUT2D eigenvalue weighted by Gasteiger charge is 2.21. The zero-order valence-electron chi connectivity index (χ0n) is 12.5. The van der Waals surface area contributed by atoms with Crippen molar-refractivity contribution in [2.75, 3.05) is 13.1 Å². The van der Waals surface area contributed by atoms with Gasteiger partial charge in [0.05, 0.1) is 23.1 Å².